The third-order valence-corrected chi connectivity index (χ3v) is 5.46. The second kappa shape index (κ2) is 6.49. The number of rotatable bonds is 4. The minimum Gasteiger partial charge on any atom is -0.376 e. The Kier molecular flexibility index (Phi) is 4.59. The molecule has 0 aliphatic carbocycles. The van der Waals surface area contributed by atoms with Gasteiger partial charge in [-0.15, -0.1) is 0 Å². The second-order valence-corrected chi connectivity index (χ2v) is 8.15. The summed E-state index contributed by atoms with van der Waals surface area (Å²) in [6, 6.07) is 6.48. The monoisotopic (exact) mass is 338 g/mol. The van der Waals surface area contributed by atoms with Crippen LogP contribution in [-0.4, -0.2) is 57.9 Å². The van der Waals surface area contributed by atoms with E-state index >= 15 is 0 Å². The molecule has 2 saturated heterocycles. The zero-order valence-electron chi connectivity index (χ0n) is 13.3. The summed E-state index contributed by atoms with van der Waals surface area (Å²) in [6.07, 6.45) is 4.52. The van der Waals surface area contributed by atoms with Crippen LogP contribution in [0.4, 0.5) is 10.5 Å². The molecule has 2 fully saturated rings. The van der Waals surface area contributed by atoms with Crippen LogP contribution in [0.25, 0.3) is 0 Å². The number of sulfone groups is 1. The van der Waals surface area contributed by atoms with Crippen LogP contribution in [0.3, 0.4) is 0 Å². The molecule has 2 aliphatic rings. The Morgan fingerprint density at radius 3 is 2.78 bits per heavy atom. The van der Waals surface area contributed by atoms with E-state index in [1.165, 1.54) is 6.26 Å². The van der Waals surface area contributed by atoms with E-state index in [-0.39, 0.29) is 17.0 Å². The Balaban J connectivity index is 1.71. The van der Waals surface area contributed by atoms with Crippen molar-refractivity contribution in [2.24, 2.45) is 0 Å². The Morgan fingerprint density at radius 1 is 1.26 bits per heavy atom. The number of carbonyl (C=O) groups excluding carboxylic acids is 1. The number of carbonyl (C=O) groups is 1. The molecule has 0 N–H and O–H groups in total. The molecule has 1 aromatic rings. The van der Waals surface area contributed by atoms with Gasteiger partial charge in [0.05, 0.1) is 11.0 Å². The number of hydrogen-bond donors (Lipinski definition) is 0. The van der Waals surface area contributed by atoms with Crippen LogP contribution in [0.5, 0.6) is 0 Å². The third kappa shape index (κ3) is 3.67. The van der Waals surface area contributed by atoms with Crippen molar-refractivity contribution in [1.29, 1.82) is 0 Å². The molecular formula is C16H22N2O4S. The van der Waals surface area contributed by atoms with Crippen molar-refractivity contribution in [2.75, 3.05) is 37.4 Å². The Hall–Kier alpha value is -1.60. The highest BCUT2D eigenvalue weighted by atomic mass is 32.2. The minimum absolute atomic E-state index is 0.0789. The van der Waals surface area contributed by atoms with Crippen LogP contribution in [-0.2, 0) is 14.6 Å². The van der Waals surface area contributed by atoms with Crippen molar-refractivity contribution in [3.63, 3.8) is 0 Å². The summed E-state index contributed by atoms with van der Waals surface area (Å²) in [5.74, 6) is 0. The number of urea groups is 1. The van der Waals surface area contributed by atoms with Crippen molar-refractivity contribution in [2.45, 2.75) is 30.3 Å². The molecule has 23 heavy (non-hydrogen) atoms. The van der Waals surface area contributed by atoms with Crippen LogP contribution in [0.1, 0.15) is 19.3 Å². The lowest BCUT2D eigenvalue weighted by Crippen LogP contribution is -2.39. The molecule has 1 aromatic carbocycles. The molecule has 2 aliphatic heterocycles. The molecule has 0 spiro atoms. The molecule has 2 heterocycles. The first-order valence-electron chi connectivity index (χ1n) is 7.93. The molecule has 0 saturated carbocycles. The maximum absolute atomic E-state index is 12.6. The van der Waals surface area contributed by atoms with Gasteiger partial charge in [0.1, 0.15) is 0 Å². The standard InChI is InChI=1S/C16H22N2O4S/c1-23(20,21)15-7-4-5-13(11-15)18-9-8-17(16(18)19)12-14-6-2-3-10-22-14/h4-5,7,11,14H,2-3,6,8-10,12H2,1H3. The van der Waals surface area contributed by atoms with Crippen molar-refractivity contribution >= 4 is 21.6 Å². The van der Waals surface area contributed by atoms with Gasteiger partial charge in [-0.25, -0.2) is 13.2 Å². The molecule has 2 amide bonds. The summed E-state index contributed by atoms with van der Waals surface area (Å²) in [4.78, 5) is 16.3. The molecule has 0 radical (unpaired) electrons. The molecular weight excluding hydrogens is 316 g/mol. The van der Waals surface area contributed by atoms with Crippen LogP contribution in [0.2, 0.25) is 0 Å². The van der Waals surface area contributed by atoms with Gasteiger partial charge >= 0.3 is 6.03 Å². The Morgan fingerprint density at radius 2 is 2.09 bits per heavy atom. The molecule has 1 unspecified atom stereocenters. The fourth-order valence-corrected chi connectivity index (χ4v) is 3.73. The highest BCUT2D eigenvalue weighted by Gasteiger charge is 2.32. The largest absolute Gasteiger partial charge is 0.376 e. The van der Waals surface area contributed by atoms with Gasteiger partial charge in [0, 0.05) is 38.2 Å². The van der Waals surface area contributed by atoms with E-state index in [1.54, 1.807) is 34.1 Å². The predicted molar refractivity (Wildman–Crippen MR) is 87.5 cm³/mol. The number of anilines is 1. The fourth-order valence-electron chi connectivity index (χ4n) is 3.07. The summed E-state index contributed by atoms with van der Waals surface area (Å²) in [7, 11) is -3.28. The summed E-state index contributed by atoms with van der Waals surface area (Å²) in [5.41, 5.74) is 0.630. The average Bonchev–Trinajstić information content (AvgIpc) is 2.89. The first-order chi connectivity index (χ1) is 10.9. The topological polar surface area (TPSA) is 66.9 Å². The smallest absolute Gasteiger partial charge is 0.324 e. The molecule has 7 heteroatoms. The van der Waals surface area contributed by atoms with Crippen LogP contribution >= 0.6 is 0 Å². The average molecular weight is 338 g/mol. The third-order valence-electron chi connectivity index (χ3n) is 4.35. The van der Waals surface area contributed by atoms with Gasteiger partial charge in [0.25, 0.3) is 0 Å². The first kappa shape index (κ1) is 16.3. The fraction of sp³-hybridized carbons (Fsp3) is 0.562. The van der Waals surface area contributed by atoms with Crippen LogP contribution in [0, 0.1) is 0 Å². The highest BCUT2D eigenvalue weighted by molar-refractivity contribution is 7.90. The first-order valence-corrected chi connectivity index (χ1v) is 9.82. The normalized spacial score (nSPS) is 22.7. The summed E-state index contributed by atoms with van der Waals surface area (Å²) in [6.45, 7) is 2.59. The lowest BCUT2D eigenvalue weighted by molar-refractivity contribution is 0.00338. The van der Waals surface area contributed by atoms with Gasteiger partial charge in [0.15, 0.2) is 9.84 Å². The SMILES string of the molecule is CS(=O)(=O)c1cccc(N2CCN(CC3CCCCO3)C2=O)c1. The van der Waals surface area contributed by atoms with E-state index in [1.807, 2.05) is 0 Å². The lowest BCUT2D eigenvalue weighted by atomic mass is 10.1. The maximum atomic E-state index is 12.6. The molecule has 1 atom stereocenters. The van der Waals surface area contributed by atoms with E-state index < -0.39 is 9.84 Å². The van der Waals surface area contributed by atoms with E-state index in [4.69, 9.17) is 4.74 Å². The molecule has 6 nitrogen and oxygen atoms in total. The highest BCUT2D eigenvalue weighted by Crippen LogP contribution is 2.24. The molecule has 0 bridgehead atoms. The van der Waals surface area contributed by atoms with E-state index in [0.717, 1.165) is 25.9 Å². The van der Waals surface area contributed by atoms with Crippen LogP contribution < -0.4 is 4.90 Å². The zero-order chi connectivity index (χ0) is 16.4. The molecule has 126 valence electrons. The van der Waals surface area contributed by atoms with Crippen molar-refractivity contribution in [3.8, 4) is 0 Å². The van der Waals surface area contributed by atoms with Crippen molar-refractivity contribution in [1.82, 2.24) is 4.90 Å². The summed E-state index contributed by atoms with van der Waals surface area (Å²) in [5, 5.41) is 0. The summed E-state index contributed by atoms with van der Waals surface area (Å²) >= 11 is 0. The number of amides is 2. The number of benzene rings is 1. The quantitative estimate of drug-likeness (QED) is 0.841. The molecule has 0 aromatic heterocycles. The maximum Gasteiger partial charge on any atom is 0.324 e. The predicted octanol–water partition coefficient (Wildman–Crippen LogP) is 1.90. The van der Waals surface area contributed by atoms with Crippen molar-refractivity contribution < 1.29 is 17.9 Å². The summed E-state index contributed by atoms with van der Waals surface area (Å²) < 4.78 is 29.1. The number of hydrogen-bond acceptors (Lipinski definition) is 4. The second-order valence-electron chi connectivity index (χ2n) is 6.14. The Bertz CT molecular complexity index is 683. The van der Waals surface area contributed by atoms with Gasteiger partial charge in [-0.3, -0.25) is 4.90 Å². The van der Waals surface area contributed by atoms with Gasteiger partial charge in [-0.2, -0.15) is 0 Å². The van der Waals surface area contributed by atoms with Gasteiger partial charge in [-0.05, 0) is 37.5 Å². The van der Waals surface area contributed by atoms with Crippen LogP contribution in [0.15, 0.2) is 29.2 Å². The van der Waals surface area contributed by atoms with E-state index in [9.17, 15) is 13.2 Å². The van der Waals surface area contributed by atoms with Gasteiger partial charge in [-0.1, -0.05) is 6.07 Å². The van der Waals surface area contributed by atoms with E-state index in [0.29, 0.717) is 25.3 Å². The lowest BCUT2D eigenvalue weighted by Gasteiger charge is -2.27. The zero-order valence-corrected chi connectivity index (χ0v) is 14.1. The number of nitrogens with zero attached hydrogens (tertiary/aromatic N) is 2. The minimum atomic E-state index is -3.28. The Labute approximate surface area is 136 Å². The van der Waals surface area contributed by atoms with Gasteiger partial charge < -0.3 is 9.64 Å². The number of ether oxygens (including phenoxy) is 1. The van der Waals surface area contributed by atoms with Gasteiger partial charge in [0.2, 0.25) is 0 Å². The van der Waals surface area contributed by atoms with E-state index in [2.05, 4.69) is 0 Å². The molecule has 3 rings (SSSR count). The van der Waals surface area contributed by atoms with Crippen molar-refractivity contribution in [3.05, 3.63) is 24.3 Å².